The van der Waals surface area contributed by atoms with E-state index >= 15 is 0 Å². The van der Waals surface area contributed by atoms with Crippen LogP contribution in [0.25, 0.3) is 6.08 Å². The maximum atomic E-state index is 11.9. The molecule has 6 heteroatoms. The molecule has 2 rings (SSSR count). The lowest BCUT2D eigenvalue weighted by atomic mass is 10.1. The van der Waals surface area contributed by atoms with Crippen LogP contribution in [0, 0.1) is 0 Å². The fourth-order valence-electron chi connectivity index (χ4n) is 1.99. The van der Waals surface area contributed by atoms with Gasteiger partial charge in [0.2, 0.25) is 0 Å². The van der Waals surface area contributed by atoms with Crippen LogP contribution in [0.3, 0.4) is 0 Å². The number of likely N-dealkylation sites (N-methyl/N-ethyl adjacent to an activating group) is 1. The molecule has 1 aromatic carbocycles. The normalized spacial score (nSPS) is 16.8. The van der Waals surface area contributed by atoms with Crippen LogP contribution < -0.4 is 4.74 Å². The lowest BCUT2D eigenvalue weighted by molar-refractivity contribution is -0.222. The second-order valence-corrected chi connectivity index (χ2v) is 5.96. The van der Waals surface area contributed by atoms with Gasteiger partial charge >= 0.3 is 11.9 Å². The minimum absolute atomic E-state index is 0.130. The summed E-state index contributed by atoms with van der Waals surface area (Å²) in [4.78, 5) is 25.9. The van der Waals surface area contributed by atoms with Gasteiger partial charge in [0.25, 0.3) is 5.79 Å². The standard InChI is InChI=1S/C17H21NO5/c1-17(2)22-15(19)14(16(20)23-17)11-12-6-5-7-13(10-12)21-9-8-18(3)4/h5-7,10-11H,8-9H2,1-4H3. The number of benzene rings is 1. The van der Waals surface area contributed by atoms with Crippen molar-refractivity contribution >= 4 is 18.0 Å². The average molecular weight is 319 g/mol. The van der Waals surface area contributed by atoms with E-state index in [0.717, 1.165) is 6.54 Å². The molecule has 0 radical (unpaired) electrons. The molecule has 0 unspecified atom stereocenters. The Kier molecular flexibility index (Phi) is 5.05. The van der Waals surface area contributed by atoms with Gasteiger partial charge in [-0.05, 0) is 37.9 Å². The lowest BCUT2D eigenvalue weighted by Gasteiger charge is -2.29. The Hall–Kier alpha value is -2.34. The maximum Gasteiger partial charge on any atom is 0.348 e. The van der Waals surface area contributed by atoms with E-state index in [4.69, 9.17) is 14.2 Å². The van der Waals surface area contributed by atoms with Gasteiger partial charge in [0, 0.05) is 20.4 Å². The minimum atomic E-state index is -1.23. The summed E-state index contributed by atoms with van der Waals surface area (Å²) in [5.41, 5.74) is 0.533. The monoisotopic (exact) mass is 319 g/mol. The van der Waals surface area contributed by atoms with Crippen molar-refractivity contribution in [3.8, 4) is 5.75 Å². The fraction of sp³-hybridized carbons (Fsp3) is 0.412. The molecule has 1 aliphatic heterocycles. The van der Waals surface area contributed by atoms with Crippen molar-refractivity contribution in [2.45, 2.75) is 19.6 Å². The van der Waals surface area contributed by atoms with Crippen LogP contribution in [0.15, 0.2) is 29.8 Å². The first kappa shape index (κ1) is 17.0. The molecule has 1 saturated heterocycles. The minimum Gasteiger partial charge on any atom is -0.492 e. The molecule has 23 heavy (non-hydrogen) atoms. The highest BCUT2D eigenvalue weighted by Gasteiger charge is 2.38. The van der Waals surface area contributed by atoms with Crippen molar-refractivity contribution < 1.29 is 23.8 Å². The molecule has 0 amide bonds. The van der Waals surface area contributed by atoms with E-state index in [-0.39, 0.29) is 5.57 Å². The summed E-state index contributed by atoms with van der Waals surface area (Å²) in [5, 5.41) is 0. The summed E-state index contributed by atoms with van der Waals surface area (Å²) in [6.07, 6.45) is 1.44. The van der Waals surface area contributed by atoms with Crippen molar-refractivity contribution in [3.63, 3.8) is 0 Å². The highest BCUT2D eigenvalue weighted by molar-refractivity contribution is 6.18. The lowest BCUT2D eigenvalue weighted by Crippen LogP contribution is -2.41. The predicted octanol–water partition coefficient (Wildman–Crippen LogP) is 1.85. The van der Waals surface area contributed by atoms with E-state index in [2.05, 4.69) is 0 Å². The predicted molar refractivity (Wildman–Crippen MR) is 84.7 cm³/mol. The molecule has 0 aromatic heterocycles. The van der Waals surface area contributed by atoms with Gasteiger partial charge in [0.15, 0.2) is 0 Å². The van der Waals surface area contributed by atoms with Crippen LogP contribution in [0.4, 0.5) is 0 Å². The van der Waals surface area contributed by atoms with E-state index < -0.39 is 17.7 Å². The number of ether oxygens (including phenoxy) is 3. The van der Waals surface area contributed by atoms with Gasteiger partial charge in [0.05, 0.1) is 0 Å². The molecule has 0 bridgehead atoms. The molecule has 0 saturated carbocycles. The highest BCUT2D eigenvalue weighted by atomic mass is 16.7. The van der Waals surface area contributed by atoms with Crippen LogP contribution in [0.5, 0.6) is 5.75 Å². The molecule has 0 N–H and O–H groups in total. The van der Waals surface area contributed by atoms with E-state index in [0.29, 0.717) is 17.9 Å². The third kappa shape index (κ3) is 4.82. The van der Waals surface area contributed by atoms with Gasteiger partial charge in [-0.25, -0.2) is 9.59 Å². The second kappa shape index (κ2) is 6.83. The third-order valence-corrected chi connectivity index (χ3v) is 3.09. The van der Waals surface area contributed by atoms with Crippen LogP contribution >= 0.6 is 0 Å². The zero-order chi connectivity index (χ0) is 17.0. The van der Waals surface area contributed by atoms with Gasteiger partial charge in [-0.15, -0.1) is 0 Å². The maximum absolute atomic E-state index is 11.9. The van der Waals surface area contributed by atoms with Crippen molar-refractivity contribution in [1.82, 2.24) is 4.90 Å². The molecule has 6 nitrogen and oxygen atoms in total. The first-order valence-corrected chi connectivity index (χ1v) is 7.33. The number of nitrogens with zero attached hydrogens (tertiary/aromatic N) is 1. The molecule has 124 valence electrons. The smallest absolute Gasteiger partial charge is 0.348 e. The van der Waals surface area contributed by atoms with Crippen LogP contribution in [0.1, 0.15) is 19.4 Å². The van der Waals surface area contributed by atoms with Crippen LogP contribution in [-0.4, -0.2) is 49.9 Å². The van der Waals surface area contributed by atoms with E-state index in [9.17, 15) is 9.59 Å². The Morgan fingerprint density at radius 1 is 1.17 bits per heavy atom. The Balaban J connectivity index is 2.13. The third-order valence-electron chi connectivity index (χ3n) is 3.09. The van der Waals surface area contributed by atoms with Gasteiger partial charge in [0.1, 0.15) is 17.9 Å². The number of carbonyl (C=O) groups excluding carboxylic acids is 2. The number of hydrogen-bond acceptors (Lipinski definition) is 6. The number of hydrogen-bond donors (Lipinski definition) is 0. The SMILES string of the molecule is CN(C)CCOc1cccc(C=C2C(=O)OC(C)(C)OC2=O)c1. The summed E-state index contributed by atoms with van der Waals surface area (Å²) in [5.74, 6) is -1.95. The van der Waals surface area contributed by atoms with Crippen molar-refractivity contribution in [3.05, 3.63) is 35.4 Å². The quantitative estimate of drug-likeness (QED) is 0.469. The summed E-state index contributed by atoms with van der Waals surface area (Å²) < 4.78 is 15.8. The molecular formula is C17H21NO5. The Morgan fingerprint density at radius 2 is 1.83 bits per heavy atom. The summed E-state index contributed by atoms with van der Waals surface area (Å²) in [6, 6.07) is 7.13. The summed E-state index contributed by atoms with van der Waals surface area (Å²) in [7, 11) is 3.93. The van der Waals surface area contributed by atoms with Crippen molar-refractivity contribution in [2.24, 2.45) is 0 Å². The van der Waals surface area contributed by atoms with Gasteiger partial charge in [-0.3, -0.25) is 0 Å². The van der Waals surface area contributed by atoms with E-state index in [1.54, 1.807) is 18.2 Å². The zero-order valence-corrected chi connectivity index (χ0v) is 13.8. The fourth-order valence-corrected chi connectivity index (χ4v) is 1.99. The Labute approximate surface area is 135 Å². The van der Waals surface area contributed by atoms with E-state index in [1.165, 1.54) is 19.9 Å². The van der Waals surface area contributed by atoms with E-state index in [1.807, 2.05) is 25.1 Å². The number of cyclic esters (lactones) is 2. The average Bonchev–Trinajstić information content (AvgIpc) is 2.42. The molecule has 1 aliphatic rings. The Bertz CT molecular complexity index is 612. The first-order valence-electron chi connectivity index (χ1n) is 7.33. The van der Waals surface area contributed by atoms with Gasteiger partial charge < -0.3 is 19.1 Å². The number of esters is 2. The number of carbonyl (C=O) groups is 2. The molecule has 1 fully saturated rings. The molecule has 1 heterocycles. The zero-order valence-electron chi connectivity index (χ0n) is 13.8. The molecule has 1 aromatic rings. The summed E-state index contributed by atoms with van der Waals surface area (Å²) in [6.45, 7) is 4.36. The first-order chi connectivity index (χ1) is 10.8. The highest BCUT2D eigenvalue weighted by Crippen LogP contribution is 2.25. The van der Waals surface area contributed by atoms with Crippen LogP contribution in [0.2, 0.25) is 0 Å². The summed E-state index contributed by atoms with van der Waals surface area (Å²) >= 11 is 0. The van der Waals surface area contributed by atoms with Crippen molar-refractivity contribution in [2.75, 3.05) is 27.2 Å². The largest absolute Gasteiger partial charge is 0.492 e. The molecular weight excluding hydrogens is 298 g/mol. The van der Waals surface area contributed by atoms with Crippen LogP contribution in [-0.2, 0) is 19.1 Å². The topological polar surface area (TPSA) is 65.1 Å². The van der Waals surface area contributed by atoms with Gasteiger partial charge in [-0.1, -0.05) is 12.1 Å². The van der Waals surface area contributed by atoms with Gasteiger partial charge in [-0.2, -0.15) is 0 Å². The van der Waals surface area contributed by atoms with Crippen molar-refractivity contribution in [1.29, 1.82) is 0 Å². The molecule has 0 spiro atoms. The Morgan fingerprint density at radius 3 is 2.43 bits per heavy atom. The number of rotatable bonds is 5. The molecule has 0 atom stereocenters. The molecule has 0 aliphatic carbocycles. The second-order valence-electron chi connectivity index (χ2n) is 5.96.